The molecule has 0 fully saturated rings. The second-order valence-corrected chi connectivity index (χ2v) is 9.40. The molecule has 8 nitrogen and oxygen atoms in total. The summed E-state index contributed by atoms with van der Waals surface area (Å²) in [5.41, 5.74) is 8.33. The number of anilines is 1. The molecule has 0 aliphatic carbocycles. The van der Waals surface area contributed by atoms with E-state index in [1.807, 2.05) is 6.07 Å². The summed E-state index contributed by atoms with van der Waals surface area (Å²) in [4.78, 5) is 17.3. The number of thioether (sulfide) groups is 1. The minimum Gasteiger partial charge on any atom is -0.508 e. The predicted octanol–water partition coefficient (Wildman–Crippen LogP) is 5.90. The van der Waals surface area contributed by atoms with E-state index in [1.54, 1.807) is 78.9 Å². The van der Waals surface area contributed by atoms with Gasteiger partial charge < -0.3 is 20.3 Å². The van der Waals surface area contributed by atoms with Crippen molar-refractivity contribution in [3.8, 4) is 40.5 Å². The van der Waals surface area contributed by atoms with Gasteiger partial charge in [-0.05, 0) is 35.9 Å². The Labute approximate surface area is 235 Å². The number of para-hydroxylation sites is 1. The number of hydrogen-bond acceptors (Lipinski definition) is 9. The van der Waals surface area contributed by atoms with Gasteiger partial charge in [0.2, 0.25) is 0 Å². The van der Waals surface area contributed by atoms with Gasteiger partial charge >= 0.3 is 0 Å². The van der Waals surface area contributed by atoms with Crippen LogP contribution in [0.3, 0.4) is 0 Å². The summed E-state index contributed by atoms with van der Waals surface area (Å²) in [6, 6.07) is 24.7. The fourth-order valence-electron chi connectivity index (χ4n) is 3.83. The van der Waals surface area contributed by atoms with Crippen LogP contribution < -0.4 is 15.2 Å². The standard InChI is InChI=1S/C31H24N4O4S/c1-2-14-38-23-12-10-20(11-13-23)29-25(16-32)30(34)35-31(26(29)17-33)40-19-28(37)21-7-5-8-24(15-21)39-18-22-6-3-4-9-27(22)36/h2-13,15,36H,1,14,18-19H2,(H2,34,35). The number of aromatic nitrogens is 1. The van der Waals surface area contributed by atoms with E-state index < -0.39 is 0 Å². The van der Waals surface area contributed by atoms with E-state index in [-0.39, 0.29) is 45.9 Å². The van der Waals surface area contributed by atoms with Gasteiger partial charge in [0, 0.05) is 16.7 Å². The molecule has 0 aliphatic rings. The van der Waals surface area contributed by atoms with Gasteiger partial charge in [0.1, 0.15) is 59.0 Å². The third-order valence-corrected chi connectivity index (χ3v) is 6.78. The zero-order valence-corrected chi connectivity index (χ0v) is 22.1. The number of pyridine rings is 1. The number of ketones is 1. The van der Waals surface area contributed by atoms with E-state index in [0.717, 1.165) is 11.8 Å². The largest absolute Gasteiger partial charge is 0.508 e. The van der Waals surface area contributed by atoms with Crippen LogP contribution >= 0.6 is 11.8 Å². The van der Waals surface area contributed by atoms with Crippen LogP contribution in [0.5, 0.6) is 17.2 Å². The van der Waals surface area contributed by atoms with Crippen LogP contribution in [0.2, 0.25) is 0 Å². The number of nitriles is 2. The summed E-state index contributed by atoms with van der Waals surface area (Å²) in [7, 11) is 0. The molecule has 0 bridgehead atoms. The minimum absolute atomic E-state index is 0.0241. The molecule has 0 amide bonds. The molecule has 4 aromatic rings. The number of nitrogens with two attached hydrogens (primary N) is 1. The first-order valence-corrected chi connectivity index (χ1v) is 13.1. The zero-order chi connectivity index (χ0) is 28.5. The number of benzene rings is 3. The molecule has 0 aliphatic heterocycles. The molecular formula is C31H24N4O4S. The summed E-state index contributed by atoms with van der Waals surface area (Å²) < 4.78 is 11.3. The summed E-state index contributed by atoms with van der Waals surface area (Å²) in [6.07, 6.45) is 1.63. The third kappa shape index (κ3) is 6.41. The summed E-state index contributed by atoms with van der Waals surface area (Å²) in [5, 5.41) is 30.0. The van der Waals surface area contributed by atoms with Crippen LogP contribution in [0.4, 0.5) is 5.82 Å². The Hall–Kier alpha value is -5.25. The molecule has 0 saturated heterocycles. The van der Waals surface area contributed by atoms with Crippen LogP contribution in [0.1, 0.15) is 27.0 Å². The SMILES string of the molecule is C=CCOc1ccc(-c2c(C#N)c(N)nc(SCC(=O)c3cccc(OCc4ccccc4O)c3)c2C#N)cc1. The maximum atomic E-state index is 13.1. The normalized spacial score (nSPS) is 10.2. The van der Waals surface area contributed by atoms with Crippen molar-refractivity contribution in [3.05, 3.63) is 108 Å². The molecule has 4 rings (SSSR count). The van der Waals surface area contributed by atoms with E-state index in [0.29, 0.717) is 40.4 Å². The molecule has 9 heteroatoms. The lowest BCUT2D eigenvalue weighted by Gasteiger charge is -2.13. The van der Waals surface area contributed by atoms with Gasteiger partial charge in [-0.3, -0.25) is 4.79 Å². The number of phenols is 1. The second-order valence-electron chi connectivity index (χ2n) is 8.43. The maximum absolute atomic E-state index is 13.1. The van der Waals surface area contributed by atoms with E-state index in [9.17, 15) is 20.4 Å². The minimum atomic E-state index is -0.211. The van der Waals surface area contributed by atoms with Gasteiger partial charge in [0.05, 0.1) is 11.3 Å². The third-order valence-electron chi connectivity index (χ3n) is 5.81. The number of phenolic OH excluding ortho intramolecular Hbond substituents is 1. The fourth-order valence-corrected chi connectivity index (χ4v) is 4.72. The van der Waals surface area contributed by atoms with Crippen LogP contribution in [-0.2, 0) is 6.61 Å². The number of Topliss-reactive ketones (excluding diaryl/α,β-unsaturated/α-hetero) is 1. The topological polar surface area (TPSA) is 142 Å². The lowest BCUT2D eigenvalue weighted by atomic mass is 9.97. The molecular weight excluding hydrogens is 524 g/mol. The number of rotatable bonds is 11. The van der Waals surface area contributed by atoms with E-state index in [2.05, 4.69) is 17.6 Å². The summed E-state index contributed by atoms with van der Waals surface area (Å²) >= 11 is 1.07. The van der Waals surface area contributed by atoms with Crippen molar-refractivity contribution in [2.45, 2.75) is 11.6 Å². The molecule has 40 heavy (non-hydrogen) atoms. The number of carbonyl (C=O) groups is 1. The summed E-state index contributed by atoms with van der Waals surface area (Å²) in [6.45, 7) is 4.11. The first kappa shape index (κ1) is 27.8. The Kier molecular flexibility index (Phi) is 9.03. The highest BCUT2D eigenvalue weighted by Gasteiger charge is 2.21. The van der Waals surface area contributed by atoms with E-state index in [4.69, 9.17) is 15.2 Å². The lowest BCUT2D eigenvalue weighted by molar-refractivity contribution is 0.102. The Morgan fingerprint density at radius 1 is 1.00 bits per heavy atom. The Bertz CT molecular complexity index is 1640. The molecule has 0 saturated carbocycles. The van der Waals surface area contributed by atoms with Gasteiger partial charge in [-0.1, -0.05) is 66.9 Å². The predicted molar refractivity (Wildman–Crippen MR) is 153 cm³/mol. The van der Waals surface area contributed by atoms with Crippen LogP contribution in [0, 0.1) is 22.7 Å². The van der Waals surface area contributed by atoms with Crippen molar-refractivity contribution in [3.63, 3.8) is 0 Å². The average Bonchev–Trinajstić information content (AvgIpc) is 2.98. The van der Waals surface area contributed by atoms with Crippen molar-refractivity contribution < 1.29 is 19.4 Å². The molecule has 198 valence electrons. The quantitative estimate of drug-likeness (QED) is 0.133. The lowest BCUT2D eigenvalue weighted by Crippen LogP contribution is -2.07. The molecule has 1 heterocycles. The highest BCUT2D eigenvalue weighted by atomic mass is 32.2. The van der Waals surface area contributed by atoms with Gasteiger partial charge in [-0.2, -0.15) is 10.5 Å². The Balaban J connectivity index is 1.54. The molecule has 0 unspecified atom stereocenters. The monoisotopic (exact) mass is 548 g/mol. The smallest absolute Gasteiger partial charge is 0.173 e. The van der Waals surface area contributed by atoms with Gasteiger partial charge in [-0.25, -0.2) is 4.98 Å². The number of hydrogen-bond donors (Lipinski definition) is 2. The first-order valence-electron chi connectivity index (χ1n) is 12.1. The van der Waals surface area contributed by atoms with Crippen molar-refractivity contribution in [1.82, 2.24) is 4.98 Å². The number of nitrogen functional groups attached to an aromatic ring is 1. The Morgan fingerprint density at radius 2 is 1.75 bits per heavy atom. The molecule has 3 N–H and O–H groups in total. The second kappa shape index (κ2) is 13.0. The number of aromatic hydroxyl groups is 1. The van der Waals surface area contributed by atoms with Crippen molar-refractivity contribution in [2.75, 3.05) is 18.1 Å². The number of nitrogens with zero attached hydrogens (tertiary/aromatic N) is 3. The maximum Gasteiger partial charge on any atom is 0.173 e. The van der Waals surface area contributed by atoms with Crippen LogP contribution in [0.25, 0.3) is 11.1 Å². The summed E-state index contributed by atoms with van der Waals surface area (Å²) in [5.74, 6) is 0.943. The van der Waals surface area contributed by atoms with Crippen molar-refractivity contribution >= 4 is 23.4 Å². The zero-order valence-electron chi connectivity index (χ0n) is 21.3. The molecule has 0 radical (unpaired) electrons. The average molecular weight is 549 g/mol. The highest BCUT2D eigenvalue weighted by molar-refractivity contribution is 8.00. The molecule has 1 aromatic heterocycles. The van der Waals surface area contributed by atoms with Crippen LogP contribution in [0.15, 0.2) is 90.5 Å². The number of carbonyl (C=O) groups excluding carboxylic acids is 1. The molecule has 3 aromatic carbocycles. The van der Waals surface area contributed by atoms with E-state index >= 15 is 0 Å². The van der Waals surface area contributed by atoms with Gasteiger partial charge in [-0.15, -0.1) is 0 Å². The van der Waals surface area contributed by atoms with Crippen molar-refractivity contribution in [2.24, 2.45) is 0 Å². The number of ether oxygens (including phenoxy) is 2. The highest BCUT2D eigenvalue weighted by Crippen LogP contribution is 2.36. The van der Waals surface area contributed by atoms with Crippen molar-refractivity contribution in [1.29, 1.82) is 10.5 Å². The van der Waals surface area contributed by atoms with Gasteiger partial charge in [0.15, 0.2) is 5.78 Å². The van der Waals surface area contributed by atoms with Gasteiger partial charge in [0.25, 0.3) is 0 Å². The first-order chi connectivity index (χ1) is 19.4. The van der Waals surface area contributed by atoms with E-state index in [1.165, 1.54) is 0 Å². The molecule has 0 spiro atoms. The van der Waals surface area contributed by atoms with Crippen LogP contribution in [-0.4, -0.2) is 28.2 Å². The molecule has 0 atom stereocenters. The fraction of sp³-hybridized carbons (Fsp3) is 0.0968. The Morgan fingerprint density at radius 3 is 2.45 bits per heavy atom.